The Morgan fingerprint density at radius 1 is 1.19 bits per heavy atom. The molecule has 1 aromatic carbocycles. The molecule has 0 spiro atoms. The van der Waals surface area contributed by atoms with Crippen LogP contribution >= 0.6 is 0 Å². The Bertz CT molecular complexity index is 300. The van der Waals surface area contributed by atoms with Crippen molar-refractivity contribution in [1.82, 2.24) is 0 Å². The van der Waals surface area contributed by atoms with Crippen LogP contribution in [0.2, 0.25) is 5.32 Å². The summed E-state index contributed by atoms with van der Waals surface area (Å²) in [7, 11) is 0. The molecule has 1 aromatic rings. The Morgan fingerprint density at radius 2 is 1.94 bits per heavy atom. The summed E-state index contributed by atoms with van der Waals surface area (Å²) in [6, 6.07) is 10.8. The van der Waals surface area contributed by atoms with Crippen LogP contribution in [0, 0.1) is 0 Å². The van der Waals surface area contributed by atoms with Crippen molar-refractivity contribution >= 4 is 15.0 Å². The van der Waals surface area contributed by atoms with Crippen molar-refractivity contribution in [1.29, 1.82) is 0 Å². The van der Waals surface area contributed by atoms with Crippen molar-refractivity contribution < 1.29 is 0 Å². The normalized spacial score (nSPS) is 11.8. The topological polar surface area (TPSA) is 0 Å². The molecule has 0 bridgehead atoms. The van der Waals surface area contributed by atoms with Crippen LogP contribution in [0.15, 0.2) is 40.9 Å². The van der Waals surface area contributed by atoms with Gasteiger partial charge in [0.1, 0.15) is 0 Å². The van der Waals surface area contributed by atoms with E-state index < -0.39 is 0 Å². The van der Waals surface area contributed by atoms with Gasteiger partial charge in [-0.15, -0.1) is 0 Å². The van der Waals surface area contributed by atoms with E-state index in [0.717, 1.165) is 0 Å². The van der Waals surface area contributed by atoms with Gasteiger partial charge in [0.15, 0.2) is 0 Å². The molecular weight excluding hydrogens is 259 g/mol. The molecule has 0 aliphatic carbocycles. The molecule has 0 aromatic heterocycles. The van der Waals surface area contributed by atoms with Crippen molar-refractivity contribution in [3.05, 3.63) is 46.4 Å². The molecule has 0 nitrogen and oxygen atoms in total. The molecule has 0 aliphatic rings. The van der Waals surface area contributed by atoms with Crippen LogP contribution in [0.4, 0.5) is 0 Å². The summed E-state index contributed by atoms with van der Waals surface area (Å²) in [6.45, 7) is 4.55. The number of allylic oxidation sites excluding steroid dienone is 2. The van der Waals surface area contributed by atoms with E-state index in [9.17, 15) is 0 Å². The zero-order chi connectivity index (χ0) is 11.6. The summed E-state index contributed by atoms with van der Waals surface area (Å²) in [5.41, 5.74) is 1.46. The van der Waals surface area contributed by atoms with Crippen LogP contribution in [0.1, 0.15) is 38.7 Å². The van der Waals surface area contributed by atoms with Gasteiger partial charge in [0.05, 0.1) is 0 Å². The molecular formula is C15H22Se. The second-order valence-corrected chi connectivity index (χ2v) is 6.83. The van der Waals surface area contributed by atoms with E-state index in [1.807, 2.05) is 0 Å². The molecule has 0 atom stereocenters. The summed E-state index contributed by atoms with van der Waals surface area (Å²) in [6.07, 6.45) is 7.55. The molecule has 0 fully saturated rings. The van der Waals surface area contributed by atoms with Crippen LogP contribution in [-0.4, -0.2) is 15.0 Å². The van der Waals surface area contributed by atoms with Crippen molar-refractivity contribution in [2.75, 3.05) is 0 Å². The summed E-state index contributed by atoms with van der Waals surface area (Å²) in [5.74, 6) is 0. The van der Waals surface area contributed by atoms with E-state index in [1.165, 1.54) is 36.6 Å². The fourth-order valence-corrected chi connectivity index (χ4v) is 3.47. The zero-order valence-electron chi connectivity index (χ0n) is 10.4. The summed E-state index contributed by atoms with van der Waals surface area (Å²) < 4.78 is 1.68. The first-order valence-electron chi connectivity index (χ1n) is 6.22. The molecule has 0 heterocycles. The summed E-state index contributed by atoms with van der Waals surface area (Å²) in [4.78, 5) is 0. The van der Waals surface area contributed by atoms with Crippen molar-refractivity contribution in [2.45, 2.75) is 44.9 Å². The molecule has 1 rings (SSSR count). The summed E-state index contributed by atoms with van der Waals surface area (Å²) in [5, 5.41) is 1.32. The van der Waals surface area contributed by atoms with E-state index in [1.54, 1.807) is 4.47 Å². The molecule has 0 aliphatic heterocycles. The third-order valence-electron chi connectivity index (χ3n) is 2.48. The Balaban J connectivity index is 2.53. The maximum atomic E-state index is 2.49. The molecule has 88 valence electrons. The monoisotopic (exact) mass is 282 g/mol. The van der Waals surface area contributed by atoms with Gasteiger partial charge in [-0.25, -0.2) is 0 Å². The van der Waals surface area contributed by atoms with Gasteiger partial charge in [-0.1, -0.05) is 0 Å². The van der Waals surface area contributed by atoms with Crippen molar-refractivity contribution in [3.63, 3.8) is 0 Å². The molecule has 0 saturated heterocycles. The van der Waals surface area contributed by atoms with Gasteiger partial charge in [-0.2, -0.15) is 0 Å². The Morgan fingerprint density at radius 3 is 2.56 bits per heavy atom. The van der Waals surface area contributed by atoms with Crippen LogP contribution in [0.25, 0.3) is 0 Å². The third kappa shape index (κ3) is 5.53. The first kappa shape index (κ1) is 13.5. The Labute approximate surface area is 106 Å². The van der Waals surface area contributed by atoms with Gasteiger partial charge >= 0.3 is 106 Å². The van der Waals surface area contributed by atoms with Gasteiger partial charge in [-0.3, -0.25) is 0 Å². The van der Waals surface area contributed by atoms with E-state index >= 15 is 0 Å². The van der Waals surface area contributed by atoms with Gasteiger partial charge in [-0.05, 0) is 0 Å². The minimum absolute atomic E-state index is 0.698. The van der Waals surface area contributed by atoms with Crippen LogP contribution < -0.4 is 0 Å². The number of hydrogen-bond acceptors (Lipinski definition) is 0. The second-order valence-electron chi connectivity index (χ2n) is 3.91. The van der Waals surface area contributed by atoms with Gasteiger partial charge in [0.25, 0.3) is 0 Å². The fraction of sp³-hybridized carbons (Fsp3) is 0.467. The molecule has 0 unspecified atom stereocenters. The minimum atomic E-state index is 0.698. The number of benzene rings is 1. The first-order valence-corrected chi connectivity index (χ1v) is 8.29. The molecule has 0 N–H and O–H groups in total. The van der Waals surface area contributed by atoms with E-state index in [-0.39, 0.29) is 0 Å². The summed E-state index contributed by atoms with van der Waals surface area (Å²) >= 11 is 0.698. The number of unbranched alkanes of at least 4 members (excludes halogenated alkanes) is 2. The second kappa shape index (κ2) is 8.61. The van der Waals surface area contributed by atoms with Crippen LogP contribution in [-0.2, 0) is 6.42 Å². The van der Waals surface area contributed by atoms with Gasteiger partial charge in [0, 0.05) is 0 Å². The fourth-order valence-electron chi connectivity index (χ4n) is 1.63. The predicted molar refractivity (Wildman–Crippen MR) is 74.0 cm³/mol. The average molecular weight is 281 g/mol. The van der Waals surface area contributed by atoms with Crippen molar-refractivity contribution in [3.8, 4) is 0 Å². The van der Waals surface area contributed by atoms with Crippen molar-refractivity contribution in [2.24, 2.45) is 0 Å². The van der Waals surface area contributed by atoms with Crippen LogP contribution in [0.5, 0.6) is 0 Å². The maximum absolute atomic E-state index is 2.49. The Hall–Kier alpha value is -0.521. The molecule has 16 heavy (non-hydrogen) atoms. The Kier molecular flexibility index (Phi) is 7.29. The number of hydrogen-bond donors (Lipinski definition) is 0. The molecule has 0 saturated carbocycles. The first-order chi connectivity index (χ1) is 7.86. The van der Waals surface area contributed by atoms with E-state index in [2.05, 4.69) is 50.3 Å². The van der Waals surface area contributed by atoms with E-state index in [4.69, 9.17) is 0 Å². The van der Waals surface area contributed by atoms with Gasteiger partial charge < -0.3 is 0 Å². The number of rotatable bonds is 7. The average Bonchev–Trinajstić information content (AvgIpc) is 2.31. The molecule has 0 amide bonds. The zero-order valence-corrected chi connectivity index (χ0v) is 12.1. The quantitative estimate of drug-likeness (QED) is 0.512. The SMILES string of the molecule is CCCC/C=C(\Cc1ccccc1)[Se]CC. The molecule has 1 heteroatoms. The predicted octanol–water partition coefficient (Wildman–Crippen LogP) is 4.45. The third-order valence-corrected chi connectivity index (χ3v) is 4.52. The van der Waals surface area contributed by atoms with E-state index in [0.29, 0.717) is 15.0 Å². The van der Waals surface area contributed by atoms with Gasteiger partial charge in [0.2, 0.25) is 0 Å². The molecule has 0 radical (unpaired) electrons. The van der Waals surface area contributed by atoms with Crippen LogP contribution in [0.3, 0.4) is 0 Å². The standard InChI is InChI=1S/C15H22Se/c1-3-5-7-12-15(16-4-2)13-14-10-8-6-9-11-14/h6,8-12H,3-5,7,13H2,1-2H3/b15-12+.